The summed E-state index contributed by atoms with van der Waals surface area (Å²) in [5.74, 6) is 0. The molecule has 1 aliphatic rings. The molecule has 1 atom stereocenters. The van der Waals surface area contributed by atoms with Crippen molar-refractivity contribution in [2.45, 2.75) is 24.8 Å². The summed E-state index contributed by atoms with van der Waals surface area (Å²) >= 11 is 0. The number of piperazine rings is 1. The largest absolute Gasteiger partial charge is 0.301 e. The molecule has 1 unspecified atom stereocenters. The SMILES string of the molecule is Cc1cccc(S(=O)(=O)N2CCN(C)C(C)C2)c1. The van der Waals surface area contributed by atoms with Crippen LogP contribution in [0, 0.1) is 6.92 Å². The molecule has 1 fully saturated rings. The third-order valence-electron chi connectivity index (χ3n) is 3.55. The van der Waals surface area contributed by atoms with Gasteiger partial charge >= 0.3 is 0 Å². The van der Waals surface area contributed by atoms with Gasteiger partial charge in [0.2, 0.25) is 10.0 Å². The van der Waals surface area contributed by atoms with Gasteiger partial charge in [-0.25, -0.2) is 8.42 Å². The predicted molar refractivity (Wildman–Crippen MR) is 72.0 cm³/mol. The van der Waals surface area contributed by atoms with Crippen molar-refractivity contribution in [1.29, 1.82) is 0 Å². The molecule has 1 heterocycles. The maximum Gasteiger partial charge on any atom is 0.243 e. The van der Waals surface area contributed by atoms with E-state index in [1.54, 1.807) is 22.5 Å². The summed E-state index contributed by atoms with van der Waals surface area (Å²) < 4.78 is 26.6. The van der Waals surface area contributed by atoms with Crippen molar-refractivity contribution >= 4 is 10.0 Å². The van der Waals surface area contributed by atoms with Crippen LogP contribution in [0.25, 0.3) is 0 Å². The number of nitrogens with zero attached hydrogens (tertiary/aromatic N) is 2. The fourth-order valence-corrected chi connectivity index (χ4v) is 3.78. The fourth-order valence-electron chi connectivity index (χ4n) is 2.16. The van der Waals surface area contributed by atoms with Crippen LogP contribution in [0.15, 0.2) is 29.2 Å². The van der Waals surface area contributed by atoms with Gasteiger partial charge in [0.25, 0.3) is 0 Å². The predicted octanol–water partition coefficient (Wildman–Crippen LogP) is 1.32. The Morgan fingerprint density at radius 2 is 2.00 bits per heavy atom. The van der Waals surface area contributed by atoms with E-state index in [-0.39, 0.29) is 6.04 Å². The van der Waals surface area contributed by atoms with Crippen LogP contribution in [-0.4, -0.2) is 50.3 Å². The van der Waals surface area contributed by atoms with Gasteiger partial charge in [-0.3, -0.25) is 0 Å². The molecule has 1 aromatic rings. The second-order valence-corrected chi connectivity index (χ2v) is 6.95. The van der Waals surface area contributed by atoms with Crippen molar-refractivity contribution in [2.24, 2.45) is 0 Å². The molecule has 0 N–H and O–H groups in total. The Balaban J connectivity index is 2.27. The molecule has 4 nitrogen and oxygen atoms in total. The lowest BCUT2D eigenvalue weighted by atomic mass is 10.2. The van der Waals surface area contributed by atoms with Gasteiger partial charge in [0.1, 0.15) is 0 Å². The molecule has 1 aromatic carbocycles. The summed E-state index contributed by atoms with van der Waals surface area (Å²) in [5.41, 5.74) is 0.971. The number of benzene rings is 1. The first-order valence-electron chi connectivity index (χ1n) is 6.18. The van der Waals surface area contributed by atoms with E-state index in [1.165, 1.54) is 0 Å². The van der Waals surface area contributed by atoms with E-state index in [0.717, 1.165) is 12.1 Å². The lowest BCUT2D eigenvalue weighted by Gasteiger charge is -2.36. The molecule has 5 heteroatoms. The Hall–Kier alpha value is -0.910. The smallest absolute Gasteiger partial charge is 0.243 e. The summed E-state index contributed by atoms with van der Waals surface area (Å²) in [6.45, 7) is 5.87. The highest BCUT2D eigenvalue weighted by molar-refractivity contribution is 7.89. The Bertz CT molecular complexity index is 528. The van der Waals surface area contributed by atoms with Gasteiger partial charge < -0.3 is 4.90 Å². The molecule has 18 heavy (non-hydrogen) atoms. The van der Waals surface area contributed by atoms with Crippen LogP contribution in [0.4, 0.5) is 0 Å². The normalized spacial score (nSPS) is 23.2. The van der Waals surface area contributed by atoms with Gasteiger partial charge in [0.05, 0.1) is 4.90 Å². The summed E-state index contributed by atoms with van der Waals surface area (Å²) in [7, 11) is -1.31. The Morgan fingerprint density at radius 3 is 2.61 bits per heavy atom. The second-order valence-electron chi connectivity index (χ2n) is 5.01. The van der Waals surface area contributed by atoms with E-state index in [1.807, 2.05) is 20.0 Å². The van der Waals surface area contributed by atoms with Gasteiger partial charge in [-0.2, -0.15) is 4.31 Å². The van der Waals surface area contributed by atoms with Crippen LogP contribution in [-0.2, 0) is 10.0 Å². The van der Waals surface area contributed by atoms with Crippen LogP contribution in [0.2, 0.25) is 0 Å². The van der Waals surface area contributed by atoms with Crippen molar-refractivity contribution in [1.82, 2.24) is 9.21 Å². The average molecular weight is 268 g/mol. The first-order chi connectivity index (χ1) is 8.41. The molecular weight excluding hydrogens is 248 g/mol. The van der Waals surface area contributed by atoms with Crippen LogP contribution < -0.4 is 0 Å². The number of hydrogen-bond donors (Lipinski definition) is 0. The van der Waals surface area contributed by atoms with E-state index >= 15 is 0 Å². The lowest BCUT2D eigenvalue weighted by Crippen LogP contribution is -2.51. The highest BCUT2D eigenvalue weighted by atomic mass is 32.2. The molecule has 0 aromatic heterocycles. The first kappa shape index (κ1) is 13.5. The monoisotopic (exact) mass is 268 g/mol. The zero-order valence-electron chi connectivity index (χ0n) is 11.1. The average Bonchev–Trinajstić information content (AvgIpc) is 2.32. The minimum absolute atomic E-state index is 0.262. The maximum absolute atomic E-state index is 12.5. The number of rotatable bonds is 2. The van der Waals surface area contributed by atoms with E-state index in [9.17, 15) is 8.42 Å². The van der Waals surface area contributed by atoms with Crippen molar-refractivity contribution < 1.29 is 8.42 Å². The van der Waals surface area contributed by atoms with E-state index < -0.39 is 10.0 Å². The van der Waals surface area contributed by atoms with Crippen LogP contribution >= 0.6 is 0 Å². The molecular formula is C13H20N2O2S. The van der Waals surface area contributed by atoms with Crippen molar-refractivity contribution in [3.8, 4) is 0 Å². The van der Waals surface area contributed by atoms with Crippen LogP contribution in [0.1, 0.15) is 12.5 Å². The molecule has 1 aliphatic heterocycles. The van der Waals surface area contributed by atoms with Gasteiger partial charge in [0, 0.05) is 25.7 Å². The summed E-state index contributed by atoms with van der Waals surface area (Å²) in [5, 5.41) is 0. The third kappa shape index (κ3) is 2.58. The van der Waals surface area contributed by atoms with Crippen LogP contribution in [0.5, 0.6) is 0 Å². The van der Waals surface area contributed by atoms with Crippen molar-refractivity contribution in [2.75, 3.05) is 26.7 Å². The summed E-state index contributed by atoms with van der Waals surface area (Å²) in [4.78, 5) is 2.58. The summed E-state index contributed by atoms with van der Waals surface area (Å²) in [6.07, 6.45) is 0. The topological polar surface area (TPSA) is 40.6 Å². The Kier molecular flexibility index (Phi) is 3.75. The number of hydrogen-bond acceptors (Lipinski definition) is 3. The molecule has 0 amide bonds. The van der Waals surface area contributed by atoms with E-state index in [4.69, 9.17) is 0 Å². The van der Waals surface area contributed by atoms with Crippen LogP contribution in [0.3, 0.4) is 0 Å². The fraction of sp³-hybridized carbons (Fsp3) is 0.538. The Labute approximate surface area is 109 Å². The first-order valence-corrected chi connectivity index (χ1v) is 7.62. The molecule has 0 radical (unpaired) electrons. The minimum Gasteiger partial charge on any atom is -0.301 e. The van der Waals surface area contributed by atoms with Gasteiger partial charge in [-0.1, -0.05) is 12.1 Å². The van der Waals surface area contributed by atoms with Crippen molar-refractivity contribution in [3.63, 3.8) is 0 Å². The standard InChI is InChI=1S/C13H20N2O2S/c1-11-5-4-6-13(9-11)18(16,17)15-8-7-14(3)12(2)10-15/h4-6,9,12H,7-8,10H2,1-3H3. The molecule has 0 bridgehead atoms. The molecule has 1 saturated heterocycles. The quantitative estimate of drug-likeness (QED) is 0.812. The zero-order valence-corrected chi connectivity index (χ0v) is 11.9. The molecule has 0 spiro atoms. The molecule has 100 valence electrons. The Morgan fingerprint density at radius 1 is 1.28 bits per heavy atom. The number of aryl methyl sites for hydroxylation is 1. The minimum atomic E-state index is -3.33. The number of sulfonamides is 1. The highest BCUT2D eigenvalue weighted by Crippen LogP contribution is 2.20. The highest BCUT2D eigenvalue weighted by Gasteiger charge is 2.30. The lowest BCUT2D eigenvalue weighted by molar-refractivity contribution is 0.159. The summed E-state index contributed by atoms with van der Waals surface area (Å²) in [6, 6.07) is 7.37. The van der Waals surface area contributed by atoms with Crippen molar-refractivity contribution in [3.05, 3.63) is 29.8 Å². The zero-order chi connectivity index (χ0) is 13.3. The van der Waals surface area contributed by atoms with E-state index in [0.29, 0.717) is 18.0 Å². The molecule has 0 aliphatic carbocycles. The van der Waals surface area contributed by atoms with Gasteiger partial charge in [0.15, 0.2) is 0 Å². The third-order valence-corrected chi connectivity index (χ3v) is 5.41. The second kappa shape index (κ2) is 4.99. The molecule has 0 saturated carbocycles. The number of likely N-dealkylation sites (N-methyl/N-ethyl adjacent to an activating group) is 1. The molecule has 2 rings (SSSR count). The van der Waals surface area contributed by atoms with Gasteiger partial charge in [-0.05, 0) is 38.6 Å². The maximum atomic E-state index is 12.5. The van der Waals surface area contributed by atoms with E-state index in [2.05, 4.69) is 11.8 Å². The van der Waals surface area contributed by atoms with Gasteiger partial charge in [-0.15, -0.1) is 0 Å².